The number of hydrogen-bond donors (Lipinski definition) is 2. The molecule has 0 aromatic heterocycles. The summed E-state index contributed by atoms with van der Waals surface area (Å²) in [6, 6.07) is 10.5. The summed E-state index contributed by atoms with van der Waals surface area (Å²) < 4.78 is 12.4. The van der Waals surface area contributed by atoms with Crippen molar-refractivity contribution in [2.75, 3.05) is 13.2 Å². The van der Waals surface area contributed by atoms with Crippen LogP contribution in [0.3, 0.4) is 0 Å². The van der Waals surface area contributed by atoms with E-state index in [1.807, 2.05) is 6.07 Å². The number of aliphatic imine (C=N–C) groups is 1. The van der Waals surface area contributed by atoms with Crippen LogP contribution >= 0.6 is 0 Å². The quantitative estimate of drug-likeness (QED) is 0.655. The second-order valence-electron chi connectivity index (χ2n) is 5.84. The molecule has 3 rings (SSSR count). The van der Waals surface area contributed by atoms with Gasteiger partial charge in [-0.15, -0.1) is 0 Å². The molecule has 4 N–H and O–H groups in total. The van der Waals surface area contributed by atoms with Crippen molar-refractivity contribution in [3.8, 4) is 0 Å². The average molecular weight is 289 g/mol. The Balaban J connectivity index is 1.77. The molecule has 5 heteroatoms. The first-order valence-corrected chi connectivity index (χ1v) is 7.62. The lowest BCUT2D eigenvalue weighted by Gasteiger charge is -2.40. The van der Waals surface area contributed by atoms with Gasteiger partial charge in [-0.1, -0.05) is 36.8 Å². The molecule has 114 valence electrons. The molecule has 21 heavy (non-hydrogen) atoms. The maximum Gasteiger partial charge on any atom is 0.186 e. The highest BCUT2D eigenvalue weighted by molar-refractivity contribution is 5.75. The van der Waals surface area contributed by atoms with Crippen LogP contribution in [-0.2, 0) is 9.47 Å². The van der Waals surface area contributed by atoms with E-state index < -0.39 is 5.79 Å². The van der Waals surface area contributed by atoms with E-state index in [1.54, 1.807) is 0 Å². The third-order valence-electron chi connectivity index (χ3n) is 4.36. The van der Waals surface area contributed by atoms with Gasteiger partial charge >= 0.3 is 0 Å². The van der Waals surface area contributed by atoms with Crippen molar-refractivity contribution >= 4 is 5.96 Å². The largest absolute Gasteiger partial charge is 0.370 e. The van der Waals surface area contributed by atoms with Gasteiger partial charge < -0.3 is 20.9 Å². The number of guanidine groups is 1. The molecule has 3 atom stereocenters. The van der Waals surface area contributed by atoms with E-state index >= 15 is 0 Å². The van der Waals surface area contributed by atoms with E-state index in [9.17, 15) is 0 Å². The molecular weight excluding hydrogens is 266 g/mol. The monoisotopic (exact) mass is 289 g/mol. The Morgan fingerprint density at radius 1 is 1.24 bits per heavy atom. The summed E-state index contributed by atoms with van der Waals surface area (Å²) in [5.74, 6) is -0.108. The van der Waals surface area contributed by atoms with Crippen LogP contribution in [0.15, 0.2) is 35.3 Å². The first kappa shape index (κ1) is 14.4. The van der Waals surface area contributed by atoms with Crippen molar-refractivity contribution in [3.63, 3.8) is 0 Å². The van der Waals surface area contributed by atoms with Crippen molar-refractivity contribution in [3.05, 3.63) is 35.9 Å². The minimum atomic E-state index is -0.497. The fourth-order valence-electron chi connectivity index (χ4n) is 3.42. The summed E-state index contributed by atoms with van der Waals surface area (Å²) in [4.78, 5) is 4.05. The first-order chi connectivity index (χ1) is 10.2. The molecule has 0 bridgehead atoms. The standard InChI is InChI=1S/C16H23N3O2/c17-15(18)19-10-13-11-20-16(21-13)9-5-4-8-14(16)12-6-2-1-3-7-12/h1-3,6-7,13-14H,4-5,8-11H2,(H4,17,18,19). The Labute approximate surface area is 125 Å². The number of ether oxygens (including phenoxy) is 2. The molecule has 0 radical (unpaired) electrons. The molecule has 1 aliphatic heterocycles. The molecule has 1 aliphatic carbocycles. The molecule has 3 unspecified atom stereocenters. The molecule has 5 nitrogen and oxygen atoms in total. The lowest BCUT2D eigenvalue weighted by molar-refractivity contribution is -0.199. The molecule has 1 aromatic carbocycles. The van der Waals surface area contributed by atoms with Gasteiger partial charge in [0, 0.05) is 12.3 Å². The molecular formula is C16H23N3O2. The molecule has 1 aromatic rings. The maximum absolute atomic E-state index is 6.27. The van der Waals surface area contributed by atoms with E-state index in [-0.39, 0.29) is 18.0 Å². The fraction of sp³-hybridized carbons (Fsp3) is 0.562. The summed E-state index contributed by atoms with van der Waals surface area (Å²) in [5, 5.41) is 0. The number of nitrogens with zero attached hydrogens (tertiary/aromatic N) is 1. The van der Waals surface area contributed by atoms with Gasteiger partial charge in [-0.25, -0.2) is 0 Å². The lowest BCUT2D eigenvalue weighted by atomic mass is 9.79. The third-order valence-corrected chi connectivity index (χ3v) is 4.36. The number of benzene rings is 1. The van der Waals surface area contributed by atoms with Gasteiger partial charge in [-0.05, 0) is 18.4 Å². The second kappa shape index (κ2) is 6.03. The first-order valence-electron chi connectivity index (χ1n) is 7.62. The summed E-state index contributed by atoms with van der Waals surface area (Å²) in [7, 11) is 0. The molecule has 1 saturated heterocycles. The fourth-order valence-corrected chi connectivity index (χ4v) is 3.42. The van der Waals surface area contributed by atoms with Crippen molar-refractivity contribution in [1.82, 2.24) is 0 Å². The molecule has 0 amide bonds. The minimum Gasteiger partial charge on any atom is -0.370 e. The Kier molecular flexibility index (Phi) is 4.12. The lowest BCUT2D eigenvalue weighted by Crippen LogP contribution is -2.41. The van der Waals surface area contributed by atoms with Gasteiger partial charge in [-0.2, -0.15) is 0 Å². The zero-order chi connectivity index (χ0) is 14.7. The number of hydrogen-bond acceptors (Lipinski definition) is 3. The van der Waals surface area contributed by atoms with Gasteiger partial charge in [0.05, 0.1) is 13.2 Å². The maximum atomic E-state index is 6.27. The summed E-state index contributed by atoms with van der Waals surface area (Å²) >= 11 is 0. The van der Waals surface area contributed by atoms with E-state index in [4.69, 9.17) is 20.9 Å². The van der Waals surface area contributed by atoms with E-state index in [0.717, 1.165) is 19.3 Å². The summed E-state index contributed by atoms with van der Waals surface area (Å²) in [6.45, 7) is 1.02. The third kappa shape index (κ3) is 3.04. The average Bonchev–Trinajstić information content (AvgIpc) is 2.90. The highest BCUT2D eigenvalue weighted by atomic mass is 16.7. The zero-order valence-corrected chi connectivity index (χ0v) is 12.2. The van der Waals surface area contributed by atoms with Crippen LogP contribution in [0, 0.1) is 0 Å². The predicted octanol–water partition coefficient (Wildman–Crippen LogP) is 1.73. The van der Waals surface area contributed by atoms with Crippen LogP contribution in [0.4, 0.5) is 0 Å². The molecule has 1 heterocycles. The topological polar surface area (TPSA) is 82.9 Å². The van der Waals surface area contributed by atoms with E-state index in [0.29, 0.717) is 13.2 Å². The van der Waals surface area contributed by atoms with Gasteiger partial charge in [-0.3, -0.25) is 4.99 Å². The smallest absolute Gasteiger partial charge is 0.186 e. The molecule has 1 saturated carbocycles. The Morgan fingerprint density at radius 3 is 2.81 bits per heavy atom. The molecule has 2 aliphatic rings. The van der Waals surface area contributed by atoms with Gasteiger partial charge in [0.15, 0.2) is 11.7 Å². The SMILES string of the molecule is NC(N)=NCC1COC2(CCCCC2c2ccccc2)O1. The Hall–Kier alpha value is -1.59. The highest BCUT2D eigenvalue weighted by Gasteiger charge is 2.49. The van der Waals surface area contributed by atoms with Gasteiger partial charge in [0.2, 0.25) is 0 Å². The summed E-state index contributed by atoms with van der Waals surface area (Å²) in [5.41, 5.74) is 12.1. The van der Waals surface area contributed by atoms with Crippen LogP contribution < -0.4 is 11.5 Å². The van der Waals surface area contributed by atoms with Crippen LogP contribution in [0.25, 0.3) is 0 Å². The summed E-state index contributed by atoms with van der Waals surface area (Å²) in [6.07, 6.45) is 4.32. The second-order valence-corrected chi connectivity index (χ2v) is 5.84. The highest BCUT2D eigenvalue weighted by Crippen LogP contribution is 2.47. The molecule has 1 spiro atoms. The van der Waals surface area contributed by atoms with Crippen LogP contribution in [0.2, 0.25) is 0 Å². The van der Waals surface area contributed by atoms with Crippen LogP contribution in [-0.4, -0.2) is 31.0 Å². The van der Waals surface area contributed by atoms with Crippen LogP contribution in [0.5, 0.6) is 0 Å². The van der Waals surface area contributed by atoms with E-state index in [1.165, 1.54) is 12.0 Å². The van der Waals surface area contributed by atoms with Gasteiger partial charge in [0.1, 0.15) is 6.10 Å². The van der Waals surface area contributed by atoms with Crippen molar-refractivity contribution in [2.45, 2.75) is 43.5 Å². The van der Waals surface area contributed by atoms with Gasteiger partial charge in [0.25, 0.3) is 0 Å². The Morgan fingerprint density at radius 2 is 2.05 bits per heavy atom. The van der Waals surface area contributed by atoms with E-state index in [2.05, 4.69) is 29.3 Å². The number of nitrogens with two attached hydrogens (primary N) is 2. The number of rotatable bonds is 3. The van der Waals surface area contributed by atoms with Crippen molar-refractivity contribution in [1.29, 1.82) is 0 Å². The minimum absolute atomic E-state index is 0.0589. The van der Waals surface area contributed by atoms with Crippen LogP contribution in [0.1, 0.15) is 37.2 Å². The Bertz CT molecular complexity index is 502. The normalized spacial score (nSPS) is 32.2. The molecule has 2 fully saturated rings. The zero-order valence-electron chi connectivity index (χ0n) is 12.2. The predicted molar refractivity (Wildman–Crippen MR) is 81.9 cm³/mol. The van der Waals surface area contributed by atoms with Crippen molar-refractivity contribution in [2.24, 2.45) is 16.5 Å². The van der Waals surface area contributed by atoms with Crippen molar-refractivity contribution < 1.29 is 9.47 Å².